The van der Waals surface area contributed by atoms with Crippen molar-refractivity contribution >= 4 is 17.1 Å². The first-order valence-electron chi connectivity index (χ1n) is 23.2. The number of fused-ring (bicyclic) bond motifs is 9. The van der Waals surface area contributed by atoms with Crippen molar-refractivity contribution in [3.63, 3.8) is 0 Å². The van der Waals surface area contributed by atoms with Gasteiger partial charge in [-0.25, -0.2) is 0 Å². The monoisotopic (exact) mass is 789 g/mol. The highest BCUT2D eigenvalue weighted by Crippen LogP contribution is 2.89. The Hall–Kier alpha value is -5.66. The maximum absolute atomic E-state index is 2.69. The predicted molar refractivity (Wildman–Crippen MR) is 254 cm³/mol. The van der Waals surface area contributed by atoms with E-state index >= 15 is 0 Å². The average molecular weight is 790 g/mol. The van der Waals surface area contributed by atoms with Crippen LogP contribution in [-0.2, 0) is 16.2 Å². The van der Waals surface area contributed by atoms with Crippen LogP contribution < -0.4 is 4.90 Å². The highest BCUT2D eigenvalue weighted by molar-refractivity contribution is 5.89. The molecule has 0 aromatic heterocycles. The van der Waals surface area contributed by atoms with Crippen LogP contribution in [-0.4, -0.2) is 0 Å². The first-order valence-corrected chi connectivity index (χ1v) is 23.2. The fourth-order valence-corrected chi connectivity index (χ4v) is 15.0. The topological polar surface area (TPSA) is 3.24 Å². The summed E-state index contributed by atoms with van der Waals surface area (Å²) in [5.74, 6) is 3.47. The van der Waals surface area contributed by atoms with Crippen molar-refractivity contribution in [2.24, 2.45) is 29.1 Å². The van der Waals surface area contributed by atoms with E-state index in [1.165, 1.54) is 111 Å². The van der Waals surface area contributed by atoms with E-state index in [-0.39, 0.29) is 16.2 Å². The third-order valence-corrected chi connectivity index (χ3v) is 17.5. The summed E-state index contributed by atoms with van der Waals surface area (Å²) in [6.45, 7) is 9.89. The van der Waals surface area contributed by atoms with Crippen LogP contribution >= 0.6 is 0 Å². The van der Waals surface area contributed by atoms with Crippen molar-refractivity contribution in [1.29, 1.82) is 0 Å². The minimum atomic E-state index is 0.0456. The quantitative estimate of drug-likeness (QED) is 0.162. The van der Waals surface area contributed by atoms with Crippen molar-refractivity contribution in [2.45, 2.75) is 82.5 Å². The van der Waals surface area contributed by atoms with Gasteiger partial charge in [0.15, 0.2) is 0 Å². The molecule has 1 nitrogen and oxygen atoms in total. The molecule has 6 aliphatic carbocycles. The Morgan fingerprint density at radius 2 is 1.02 bits per heavy atom. The molecule has 2 spiro atoms. The lowest BCUT2D eigenvalue weighted by Gasteiger charge is -2.76. The molecule has 0 amide bonds. The lowest BCUT2D eigenvalue weighted by atomic mass is 9.27. The zero-order valence-electron chi connectivity index (χ0n) is 36.1. The van der Waals surface area contributed by atoms with Crippen molar-refractivity contribution in [1.82, 2.24) is 0 Å². The van der Waals surface area contributed by atoms with Gasteiger partial charge in [-0.15, -0.1) is 0 Å². The molecule has 0 saturated heterocycles. The van der Waals surface area contributed by atoms with Gasteiger partial charge in [-0.05, 0) is 194 Å². The van der Waals surface area contributed by atoms with Crippen LogP contribution in [0.2, 0.25) is 0 Å². The molecule has 0 radical (unpaired) electrons. The molecule has 1 heteroatoms. The molecule has 7 aromatic carbocycles. The second kappa shape index (κ2) is 12.5. The molecule has 6 aliphatic rings. The molecule has 300 valence electrons. The van der Waals surface area contributed by atoms with E-state index in [1.807, 2.05) is 0 Å². The van der Waals surface area contributed by atoms with Gasteiger partial charge in [-0.2, -0.15) is 0 Å². The highest BCUT2D eigenvalue weighted by Gasteiger charge is 2.84. The largest absolute Gasteiger partial charge is 0.310 e. The Morgan fingerprint density at radius 1 is 0.443 bits per heavy atom. The zero-order chi connectivity index (χ0) is 40.9. The van der Waals surface area contributed by atoms with Crippen LogP contribution in [0.25, 0.3) is 44.5 Å². The maximum atomic E-state index is 2.69. The molecule has 0 aliphatic heterocycles. The third kappa shape index (κ3) is 4.79. The zero-order valence-corrected chi connectivity index (χ0v) is 36.1. The van der Waals surface area contributed by atoms with Gasteiger partial charge in [-0.3, -0.25) is 0 Å². The molecular weight excluding hydrogens is 735 g/mol. The Kier molecular flexibility index (Phi) is 7.37. The van der Waals surface area contributed by atoms with E-state index in [2.05, 4.69) is 196 Å². The summed E-state index contributed by atoms with van der Waals surface area (Å²) in [5, 5.41) is 0. The summed E-state index contributed by atoms with van der Waals surface area (Å²) in [7, 11) is 0. The van der Waals surface area contributed by atoms with Crippen LogP contribution in [0.5, 0.6) is 0 Å². The molecule has 13 rings (SSSR count). The summed E-state index contributed by atoms with van der Waals surface area (Å²) >= 11 is 0. The van der Waals surface area contributed by atoms with Crippen molar-refractivity contribution in [3.8, 4) is 44.5 Å². The summed E-state index contributed by atoms with van der Waals surface area (Å²) in [6, 6.07) is 62.7. The number of rotatable bonds is 6. The summed E-state index contributed by atoms with van der Waals surface area (Å²) in [4.78, 5) is 2.65. The van der Waals surface area contributed by atoms with Gasteiger partial charge in [0.25, 0.3) is 0 Å². The molecule has 6 unspecified atom stereocenters. The first-order chi connectivity index (χ1) is 29.7. The lowest BCUT2D eigenvalue weighted by molar-refractivity contribution is -0.231. The van der Waals surface area contributed by atoms with E-state index in [4.69, 9.17) is 0 Å². The number of hydrogen-bond donors (Lipinski definition) is 0. The van der Waals surface area contributed by atoms with Crippen LogP contribution in [0.4, 0.5) is 17.1 Å². The molecule has 61 heavy (non-hydrogen) atoms. The van der Waals surface area contributed by atoms with Crippen LogP contribution in [0.3, 0.4) is 0 Å². The van der Waals surface area contributed by atoms with Crippen molar-refractivity contribution in [2.75, 3.05) is 4.90 Å². The molecule has 0 N–H and O–H groups in total. The average Bonchev–Trinajstić information content (AvgIpc) is 3.93. The van der Waals surface area contributed by atoms with E-state index in [0.29, 0.717) is 5.41 Å². The highest BCUT2D eigenvalue weighted by atomic mass is 15.1. The molecule has 4 fully saturated rings. The maximum Gasteiger partial charge on any atom is 0.0502 e. The van der Waals surface area contributed by atoms with Gasteiger partial charge in [0.1, 0.15) is 0 Å². The van der Waals surface area contributed by atoms with Gasteiger partial charge in [-0.1, -0.05) is 143 Å². The SMILES string of the molecule is CC1(C)CCC(C)(C)c2c(N(c3ccc(-c4cc(-c5ccccc5)cc(-c5ccccc5)c4)cc3)c3ccc4c(c3)C3(c5ccccc5-4)C4CC5CC6CC3C64C5)cccc21. The van der Waals surface area contributed by atoms with E-state index in [9.17, 15) is 0 Å². The molecular formula is C60H55N. The summed E-state index contributed by atoms with van der Waals surface area (Å²) in [5.41, 5.74) is 21.4. The van der Waals surface area contributed by atoms with Gasteiger partial charge >= 0.3 is 0 Å². The summed E-state index contributed by atoms with van der Waals surface area (Å²) in [6.07, 6.45) is 8.20. The minimum absolute atomic E-state index is 0.0456. The molecule has 6 atom stereocenters. The van der Waals surface area contributed by atoms with Crippen molar-refractivity contribution < 1.29 is 0 Å². The number of nitrogens with zero attached hydrogens (tertiary/aromatic N) is 1. The standard InChI is InChI=1S/C60H55N/c1-57(2)28-29-58(3,4)56-51(57)20-13-21-53(56)61(46-24-22-41(23-25-46)44-33-42(39-14-7-5-8-15-39)32-43(34-44)40-16-9-6-10-17-40)47-26-27-49-48-18-11-12-19-50(48)60(52(49)36-47)54-31-38-30-45-35-55(60)59(45,54)37-38/h5-27,32-34,36,38,45,54-55H,28-31,35,37H2,1-4H3. The lowest BCUT2D eigenvalue weighted by Crippen LogP contribution is -2.73. The van der Waals surface area contributed by atoms with Crippen LogP contribution in [0.1, 0.15) is 88.5 Å². The Bertz CT molecular complexity index is 2840. The van der Waals surface area contributed by atoms with Gasteiger partial charge in [0.2, 0.25) is 0 Å². The normalized spacial score (nSPS) is 27.3. The minimum Gasteiger partial charge on any atom is -0.310 e. The number of anilines is 3. The van der Waals surface area contributed by atoms with Gasteiger partial charge in [0, 0.05) is 16.8 Å². The van der Waals surface area contributed by atoms with E-state index in [0.717, 1.165) is 23.7 Å². The fraction of sp³-hybridized carbons (Fsp3) is 0.300. The molecule has 0 heterocycles. The van der Waals surface area contributed by atoms with Gasteiger partial charge in [0.05, 0.1) is 5.69 Å². The fourth-order valence-electron chi connectivity index (χ4n) is 15.0. The number of benzene rings is 7. The van der Waals surface area contributed by atoms with E-state index < -0.39 is 0 Å². The van der Waals surface area contributed by atoms with Crippen molar-refractivity contribution in [3.05, 3.63) is 186 Å². The predicted octanol–water partition coefficient (Wildman–Crippen LogP) is 15.8. The second-order valence-electron chi connectivity index (χ2n) is 21.2. The second-order valence-corrected chi connectivity index (χ2v) is 21.2. The van der Waals surface area contributed by atoms with Gasteiger partial charge < -0.3 is 4.90 Å². The van der Waals surface area contributed by atoms with Crippen LogP contribution in [0, 0.1) is 29.1 Å². The van der Waals surface area contributed by atoms with Crippen LogP contribution in [0.15, 0.2) is 164 Å². The Balaban J connectivity index is 0.987. The molecule has 4 saturated carbocycles. The van der Waals surface area contributed by atoms with E-state index in [1.54, 1.807) is 11.1 Å². The molecule has 2 bridgehead atoms. The smallest absolute Gasteiger partial charge is 0.0502 e. The molecule has 7 aromatic rings. The summed E-state index contributed by atoms with van der Waals surface area (Å²) < 4.78 is 0. The Labute approximate surface area is 362 Å². The third-order valence-electron chi connectivity index (χ3n) is 17.5. The first kappa shape index (κ1) is 36.0. The Morgan fingerprint density at radius 3 is 1.70 bits per heavy atom. The number of hydrogen-bond acceptors (Lipinski definition) is 1.